The highest BCUT2D eigenvalue weighted by Gasteiger charge is 2.38. The van der Waals surface area contributed by atoms with Crippen LogP contribution in [0.3, 0.4) is 0 Å². The summed E-state index contributed by atoms with van der Waals surface area (Å²) < 4.78 is 0. The van der Waals surface area contributed by atoms with E-state index < -0.39 is 0 Å². The Morgan fingerprint density at radius 2 is 2.30 bits per heavy atom. The van der Waals surface area contributed by atoms with E-state index in [0.29, 0.717) is 17.9 Å². The van der Waals surface area contributed by atoms with Gasteiger partial charge in [0.2, 0.25) is 0 Å². The van der Waals surface area contributed by atoms with Crippen LogP contribution >= 0.6 is 15.9 Å². The Morgan fingerprint density at radius 3 is 3.10 bits per heavy atom. The topological polar surface area (TPSA) is 29.1 Å². The fourth-order valence-electron chi connectivity index (χ4n) is 1.82. The van der Waals surface area contributed by atoms with Crippen molar-refractivity contribution in [2.75, 3.05) is 0 Å². The van der Waals surface area contributed by atoms with Crippen LogP contribution in [-0.2, 0) is 4.79 Å². The van der Waals surface area contributed by atoms with E-state index in [1.807, 2.05) is 0 Å². The molecule has 0 aromatic carbocycles. The fraction of sp³-hybridized carbons (Fsp3) is 0.857. The Morgan fingerprint density at radius 1 is 1.50 bits per heavy atom. The molecule has 2 saturated heterocycles. The molecule has 1 N–H and O–H groups in total. The van der Waals surface area contributed by atoms with Gasteiger partial charge >= 0.3 is 0 Å². The summed E-state index contributed by atoms with van der Waals surface area (Å²) in [5, 5.41) is 3.40. The molecule has 3 heteroatoms. The van der Waals surface area contributed by atoms with Crippen LogP contribution in [0.2, 0.25) is 0 Å². The number of ketones is 1. The first kappa shape index (κ1) is 6.80. The van der Waals surface area contributed by atoms with Crippen molar-refractivity contribution in [2.24, 2.45) is 0 Å². The minimum Gasteiger partial charge on any atom is -0.309 e. The minimum atomic E-state index is 0.0891. The lowest BCUT2D eigenvalue weighted by Gasteiger charge is -2.24. The first-order chi connectivity index (χ1) is 4.77. The number of hydrogen-bond donors (Lipinski definition) is 1. The van der Waals surface area contributed by atoms with Crippen molar-refractivity contribution in [3.8, 4) is 0 Å². The molecule has 2 aliphatic rings. The Bertz CT molecular complexity index is 171. The molecule has 2 bridgehead atoms. The summed E-state index contributed by atoms with van der Waals surface area (Å²) in [6.45, 7) is 0. The zero-order valence-electron chi connectivity index (χ0n) is 5.64. The fourth-order valence-corrected chi connectivity index (χ4v) is 2.43. The van der Waals surface area contributed by atoms with Gasteiger partial charge in [-0.15, -0.1) is 0 Å². The van der Waals surface area contributed by atoms with Crippen molar-refractivity contribution in [3.05, 3.63) is 0 Å². The molecule has 3 unspecified atom stereocenters. The molecule has 0 radical (unpaired) electrons. The van der Waals surface area contributed by atoms with E-state index in [-0.39, 0.29) is 4.83 Å². The zero-order chi connectivity index (χ0) is 7.14. The Kier molecular flexibility index (Phi) is 1.57. The Hall–Kier alpha value is 0.110. The smallest absolute Gasteiger partial charge is 0.149 e. The number of alkyl halides is 1. The highest BCUT2D eigenvalue weighted by atomic mass is 79.9. The number of halogens is 1. The van der Waals surface area contributed by atoms with Crippen LogP contribution in [0.5, 0.6) is 0 Å². The van der Waals surface area contributed by atoms with Crippen molar-refractivity contribution in [2.45, 2.75) is 36.2 Å². The van der Waals surface area contributed by atoms with Crippen molar-refractivity contribution < 1.29 is 4.79 Å². The van der Waals surface area contributed by atoms with Crippen LogP contribution in [0, 0.1) is 0 Å². The molecular formula is C7H10BrNO. The maximum absolute atomic E-state index is 11.2. The van der Waals surface area contributed by atoms with E-state index in [1.54, 1.807) is 0 Å². The molecule has 2 rings (SSSR count). The summed E-state index contributed by atoms with van der Waals surface area (Å²) in [6.07, 6.45) is 3.07. The first-order valence-corrected chi connectivity index (χ1v) is 4.62. The van der Waals surface area contributed by atoms with Crippen LogP contribution < -0.4 is 5.32 Å². The number of carbonyl (C=O) groups excluding carboxylic acids is 1. The van der Waals surface area contributed by atoms with Gasteiger partial charge in [-0.1, -0.05) is 15.9 Å². The first-order valence-electron chi connectivity index (χ1n) is 3.70. The zero-order valence-corrected chi connectivity index (χ0v) is 7.23. The van der Waals surface area contributed by atoms with E-state index in [9.17, 15) is 4.79 Å². The van der Waals surface area contributed by atoms with Crippen molar-refractivity contribution in [3.63, 3.8) is 0 Å². The SMILES string of the molecule is O=C1CC2CCC(N2)C1Br. The highest BCUT2D eigenvalue weighted by Crippen LogP contribution is 2.28. The van der Waals surface area contributed by atoms with Gasteiger partial charge in [-0.2, -0.15) is 0 Å². The number of nitrogens with one attached hydrogen (secondary N) is 1. The number of carbonyl (C=O) groups is 1. The average Bonchev–Trinajstić information content (AvgIpc) is 2.29. The third-order valence-corrected chi connectivity index (χ3v) is 3.53. The van der Waals surface area contributed by atoms with Crippen LogP contribution in [-0.4, -0.2) is 22.7 Å². The van der Waals surface area contributed by atoms with Gasteiger partial charge in [0, 0.05) is 18.5 Å². The summed E-state index contributed by atoms with van der Waals surface area (Å²) in [6, 6.07) is 0.914. The van der Waals surface area contributed by atoms with Crippen LogP contribution in [0.25, 0.3) is 0 Å². The second-order valence-electron chi connectivity index (χ2n) is 3.12. The van der Waals surface area contributed by atoms with Gasteiger partial charge < -0.3 is 5.32 Å². The Balaban J connectivity index is 2.17. The molecule has 0 aromatic rings. The lowest BCUT2D eigenvalue weighted by Crippen LogP contribution is -2.46. The highest BCUT2D eigenvalue weighted by molar-refractivity contribution is 9.10. The molecule has 3 atom stereocenters. The van der Waals surface area contributed by atoms with Gasteiger partial charge in [-0.3, -0.25) is 4.79 Å². The number of hydrogen-bond acceptors (Lipinski definition) is 2. The van der Waals surface area contributed by atoms with E-state index in [4.69, 9.17) is 0 Å². The van der Waals surface area contributed by atoms with E-state index in [2.05, 4.69) is 21.2 Å². The minimum absolute atomic E-state index is 0.0891. The van der Waals surface area contributed by atoms with Gasteiger partial charge in [0.1, 0.15) is 5.78 Å². The summed E-state index contributed by atoms with van der Waals surface area (Å²) in [5.41, 5.74) is 0. The lowest BCUT2D eigenvalue weighted by atomic mass is 10.0. The molecule has 2 fully saturated rings. The maximum atomic E-state index is 11.2. The van der Waals surface area contributed by atoms with Gasteiger partial charge in [-0.05, 0) is 12.8 Å². The molecule has 0 spiro atoms. The normalized spacial score (nSPS) is 46.1. The number of Topliss-reactive ketones (excluding diaryl/α,β-unsaturated/α-hetero) is 1. The number of fused-ring (bicyclic) bond motifs is 2. The van der Waals surface area contributed by atoms with Gasteiger partial charge in [0.05, 0.1) is 4.83 Å². The third-order valence-electron chi connectivity index (χ3n) is 2.38. The predicted molar refractivity (Wildman–Crippen MR) is 42.3 cm³/mol. The average molecular weight is 204 g/mol. The number of piperidine rings is 1. The predicted octanol–water partition coefficient (Wildman–Crippen LogP) is 0.843. The molecule has 0 amide bonds. The second kappa shape index (κ2) is 2.31. The van der Waals surface area contributed by atoms with Gasteiger partial charge in [-0.25, -0.2) is 0 Å². The standard InChI is InChI=1S/C7H10BrNO/c8-7-5-2-1-4(9-5)3-6(7)10/h4-5,7,9H,1-3H2. The molecule has 56 valence electrons. The Labute approximate surface area is 68.5 Å². The summed E-state index contributed by atoms with van der Waals surface area (Å²) in [5.74, 6) is 0.381. The van der Waals surface area contributed by atoms with Crippen LogP contribution in [0.15, 0.2) is 0 Å². The van der Waals surface area contributed by atoms with Crippen LogP contribution in [0.1, 0.15) is 19.3 Å². The molecular weight excluding hydrogens is 194 g/mol. The second-order valence-corrected chi connectivity index (χ2v) is 4.11. The van der Waals surface area contributed by atoms with Crippen LogP contribution in [0.4, 0.5) is 0 Å². The molecule has 0 aromatic heterocycles. The summed E-state index contributed by atoms with van der Waals surface area (Å²) in [4.78, 5) is 11.3. The number of rotatable bonds is 0. The van der Waals surface area contributed by atoms with Crippen molar-refractivity contribution in [1.82, 2.24) is 5.32 Å². The molecule has 0 aliphatic carbocycles. The quantitative estimate of drug-likeness (QED) is 0.592. The summed E-state index contributed by atoms with van der Waals surface area (Å²) >= 11 is 3.39. The lowest BCUT2D eigenvalue weighted by molar-refractivity contribution is -0.120. The van der Waals surface area contributed by atoms with Crippen molar-refractivity contribution >= 4 is 21.7 Å². The monoisotopic (exact) mass is 203 g/mol. The van der Waals surface area contributed by atoms with Crippen molar-refractivity contribution in [1.29, 1.82) is 0 Å². The molecule has 2 aliphatic heterocycles. The van der Waals surface area contributed by atoms with E-state index >= 15 is 0 Å². The van der Waals surface area contributed by atoms with Gasteiger partial charge in [0.25, 0.3) is 0 Å². The summed E-state index contributed by atoms with van der Waals surface area (Å²) in [7, 11) is 0. The van der Waals surface area contributed by atoms with E-state index in [0.717, 1.165) is 12.8 Å². The molecule has 2 nitrogen and oxygen atoms in total. The third kappa shape index (κ3) is 0.920. The van der Waals surface area contributed by atoms with E-state index in [1.165, 1.54) is 6.42 Å². The largest absolute Gasteiger partial charge is 0.309 e. The van der Waals surface area contributed by atoms with Gasteiger partial charge in [0.15, 0.2) is 0 Å². The maximum Gasteiger partial charge on any atom is 0.149 e. The molecule has 2 heterocycles. The molecule has 0 saturated carbocycles. The molecule has 10 heavy (non-hydrogen) atoms.